The highest BCUT2D eigenvalue weighted by molar-refractivity contribution is 5.74. The maximum atomic E-state index is 12.5. The Kier molecular flexibility index (Phi) is 7.51. The number of nitrogens with one attached hydrogen (secondary N) is 1. The van der Waals surface area contributed by atoms with E-state index in [-0.39, 0.29) is 17.6 Å². The Morgan fingerprint density at radius 1 is 1.20 bits per heavy atom. The van der Waals surface area contributed by atoms with Gasteiger partial charge in [0.05, 0.1) is 20.3 Å². The quantitative estimate of drug-likeness (QED) is 0.707. The van der Waals surface area contributed by atoms with Gasteiger partial charge in [0.2, 0.25) is 0 Å². The van der Waals surface area contributed by atoms with Crippen LogP contribution in [0.1, 0.15) is 37.1 Å². The van der Waals surface area contributed by atoms with Crippen molar-refractivity contribution < 1.29 is 14.3 Å². The molecule has 2 aromatic rings. The standard InChI is InChI=1S/C21H31N5O4/c1-4-25-19(23-26(21(25)28)13-14-29-2)17-9-11-24(12-10-17)20(27)22-15-16-5-7-18(30-3)8-6-16/h5-8,17H,4,9-15H2,1-3H3,(H,22,27). The van der Waals surface area contributed by atoms with Crippen LogP contribution in [-0.2, 0) is 24.4 Å². The van der Waals surface area contributed by atoms with Crippen LogP contribution in [0.5, 0.6) is 5.75 Å². The van der Waals surface area contributed by atoms with E-state index in [0.29, 0.717) is 39.3 Å². The molecule has 1 aliphatic rings. The van der Waals surface area contributed by atoms with Crippen molar-refractivity contribution in [2.24, 2.45) is 0 Å². The largest absolute Gasteiger partial charge is 0.497 e. The van der Waals surface area contributed by atoms with E-state index >= 15 is 0 Å². The zero-order chi connectivity index (χ0) is 21.5. The predicted molar refractivity (Wildman–Crippen MR) is 113 cm³/mol. The molecular weight excluding hydrogens is 386 g/mol. The maximum absolute atomic E-state index is 12.5. The van der Waals surface area contributed by atoms with Crippen molar-refractivity contribution in [2.45, 2.75) is 45.3 Å². The fourth-order valence-electron chi connectivity index (χ4n) is 3.75. The van der Waals surface area contributed by atoms with Crippen LogP contribution in [-0.4, -0.2) is 59.2 Å². The normalized spacial score (nSPS) is 14.7. The molecule has 1 saturated heterocycles. The van der Waals surface area contributed by atoms with Crippen LogP contribution in [0.2, 0.25) is 0 Å². The summed E-state index contributed by atoms with van der Waals surface area (Å²) in [6.07, 6.45) is 1.58. The number of ether oxygens (including phenoxy) is 2. The first kappa shape index (κ1) is 21.9. The number of urea groups is 1. The van der Waals surface area contributed by atoms with Crippen LogP contribution < -0.4 is 15.7 Å². The minimum Gasteiger partial charge on any atom is -0.497 e. The number of rotatable bonds is 8. The van der Waals surface area contributed by atoms with Gasteiger partial charge in [-0.05, 0) is 37.5 Å². The molecule has 3 rings (SSSR count). The van der Waals surface area contributed by atoms with Crippen LogP contribution in [0.4, 0.5) is 4.79 Å². The number of hydrogen-bond donors (Lipinski definition) is 1. The Balaban J connectivity index is 1.55. The lowest BCUT2D eigenvalue weighted by atomic mass is 9.96. The van der Waals surface area contributed by atoms with Crippen LogP contribution in [0.15, 0.2) is 29.1 Å². The molecule has 0 saturated carbocycles. The minimum atomic E-state index is -0.0933. The molecule has 9 heteroatoms. The summed E-state index contributed by atoms with van der Waals surface area (Å²) in [4.78, 5) is 26.9. The van der Waals surface area contributed by atoms with E-state index in [1.54, 1.807) is 18.8 Å². The first-order chi connectivity index (χ1) is 14.6. The van der Waals surface area contributed by atoms with E-state index < -0.39 is 0 Å². The van der Waals surface area contributed by atoms with E-state index in [9.17, 15) is 9.59 Å². The second-order valence-corrected chi connectivity index (χ2v) is 7.37. The zero-order valence-corrected chi connectivity index (χ0v) is 18.0. The molecule has 164 valence electrons. The van der Waals surface area contributed by atoms with Crippen molar-refractivity contribution in [3.8, 4) is 5.75 Å². The average molecular weight is 418 g/mol. The van der Waals surface area contributed by atoms with E-state index in [1.807, 2.05) is 36.1 Å². The van der Waals surface area contributed by atoms with Crippen molar-refractivity contribution in [1.29, 1.82) is 0 Å². The van der Waals surface area contributed by atoms with E-state index in [4.69, 9.17) is 9.47 Å². The molecule has 1 aliphatic heterocycles. The molecule has 1 aromatic carbocycles. The molecule has 2 amide bonds. The Hall–Kier alpha value is -2.81. The molecule has 1 aromatic heterocycles. The Morgan fingerprint density at radius 3 is 2.50 bits per heavy atom. The molecule has 0 aliphatic carbocycles. The highest BCUT2D eigenvalue weighted by atomic mass is 16.5. The topological polar surface area (TPSA) is 90.6 Å². The molecule has 0 spiro atoms. The summed E-state index contributed by atoms with van der Waals surface area (Å²) < 4.78 is 13.4. The third kappa shape index (κ3) is 5.02. The summed E-state index contributed by atoms with van der Waals surface area (Å²) in [6, 6.07) is 7.57. The summed E-state index contributed by atoms with van der Waals surface area (Å²) >= 11 is 0. The number of benzene rings is 1. The molecule has 1 N–H and O–H groups in total. The van der Waals surface area contributed by atoms with Crippen LogP contribution in [0.25, 0.3) is 0 Å². The number of nitrogens with zero attached hydrogens (tertiary/aromatic N) is 4. The Labute approximate surface area is 176 Å². The van der Waals surface area contributed by atoms with E-state index in [1.165, 1.54) is 4.68 Å². The second-order valence-electron chi connectivity index (χ2n) is 7.37. The lowest BCUT2D eigenvalue weighted by Gasteiger charge is -2.31. The van der Waals surface area contributed by atoms with Gasteiger partial charge in [0.15, 0.2) is 0 Å². The highest BCUT2D eigenvalue weighted by Gasteiger charge is 2.28. The van der Waals surface area contributed by atoms with E-state index in [2.05, 4.69) is 10.4 Å². The number of likely N-dealkylation sites (tertiary alicyclic amines) is 1. The second kappa shape index (κ2) is 10.3. The Morgan fingerprint density at radius 2 is 1.90 bits per heavy atom. The molecule has 1 fully saturated rings. The van der Waals surface area contributed by atoms with Crippen molar-refractivity contribution in [1.82, 2.24) is 24.6 Å². The molecular formula is C21H31N5O4. The van der Waals surface area contributed by atoms with Gasteiger partial charge in [0.1, 0.15) is 11.6 Å². The van der Waals surface area contributed by atoms with Gasteiger partial charge in [-0.15, -0.1) is 0 Å². The minimum absolute atomic E-state index is 0.0669. The highest BCUT2D eigenvalue weighted by Crippen LogP contribution is 2.26. The van der Waals surface area contributed by atoms with Crippen LogP contribution in [0, 0.1) is 0 Å². The number of aromatic nitrogens is 3. The lowest BCUT2D eigenvalue weighted by Crippen LogP contribution is -2.44. The molecule has 0 atom stereocenters. The lowest BCUT2D eigenvalue weighted by molar-refractivity contribution is 0.178. The average Bonchev–Trinajstić information content (AvgIpc) is 3.11. The third-order valence-corrected chi connectivity index (χ3v) is 5.52. The van der Waals surface area contributed by atoms with Gasteiger partial charge < -0.3 is 19.7 Å². The van der Waals surface area contributed by atoms with Crippen molar-refractivity contribution >= 4 is 6.03 Å². The zero-order valence-electron chi connectivity index (χ0n) is 18.0. The number of hydrogen-bond acceptors (Lipinski definition) is 5. The molecule has 2 heterocycles. The van der Waals surface area contributed by atoms with Gasteiger partial charge >= 0.3 is 11.7 Å². The van der Waals surface area contributed by atoms with Crippen molar-refractivity contribution in [3.63, 3.8) is 0 Å². The number of methoxy groups -OCH3 is 2. The third-order valence-electron chi connectivity index (χ3n) is 5.52. The summed E-state index contributed by atoms with van der Waals surface area (Å²) in [5.74, 6) is 1.78. The van der Waals surface area contributed by atoms with Crippen molar-refractivity contribution in [2.75, 3.05) is 33.9 Å². The number of carbonyl (C=O) groups excluding carboxylic acids is 1. The molecule has 0 bridgehead atoms. The van der Waals surface area contributed by atoms with Gasteiger partial charge in [-0.3, -0.25) is 4.57 Å². The van der Waals surface area contributed by atoms with Gasteiger partial charge in [0, 0.05) is 39.2 Å². The van der Waals surface area contributed by atoms with Crippen LogP contribution in [0.3, 0.4) is 0 Å². The maximum Gasteiger partial charge on any atom is 0.345 e. The number of carbonyl (C=O) groups is 1. The van der Waals surface area contributed by atoms with Crippen LogP contribution >= 0.6 is 0 Å². The van der Waals surface area contributed by atoms with Gasteiger partial charge in [-0.25, -0.2) is 14.3 Å². The number of amides is 2. The fraction of sp³-hybridized carbons (Fsp3) is 0.571. The first-order valence-corrected chi connectivity index (χ1v) is 10.4. The summed E-state index contributed by atoms with van der Waals surface area (Å²) in [6.45, 7) is 5.19. The fourth-order valence-corrected chi connectivity index (χ4v) is 3.75. The summed E-state index contributed by atoms with van der Waals surface area (Å²) in [5.41, 5.74) is 0.928. The van der Waals surface area contributed by atoms with Gasteiger partial charge in [-0.1, -0.05) is 12.1 Å². The summed E-state index contributed by atoms with van der Waals surface area (Å²) in [5, 5.41) is 7.54. The molecule has 0 radical (unpaired) electrons. The SMILES string of the molecule is CCn1c(C2CCN(C(=O)NCc3ccc(OC)cc3)CC2)nn(CCOC)c1=O. The molecule has 9 nitrogen and oxygen atoms in total. The summed E-state index contributed by atoms with van der Waals surface area (Å²) in [7, 11) is 3.24. The van der Waals surface area contributed by atoms with Gasteiger partial charge in [0.25, 0.3) is 0 Å². The first-order valence-electron chi connectivity index (χ1n) is 10.4. The van der Waals surface area contributed by atoms with E-state index in [0.717, 1.165) is 30.0 Å². The predicted octanol–water partition coefficient (Wildman–Crippen LogP) is 1.81. The smallest absolute Gasteiger partial charge is 0.345 e. The number of piperidine rings is 1. The Bertz CT molecular complexity index is 882. The van der Waals surface area contributed by atoms with Gasteiger partial charge in [-0.2, -0.15) is 5.10 Å². The van der Waals surface area contributed by atoms with Crippen molar-refractivity contribution in [3.05, 3.63) is 46.1 Å². The molecule has 0 unspecified atom stereocenters. The monoisotopic (exact) mass is 417 g/mol. The molecule has 30 heavy (non-hydrogen) atoms.